The van der Waals surface area contributed by atoms with Crippen molar-refractivity contribution in [2.24, 2.45) is 0 Å². The van der Waals surface area contributed by atoms with Crippen LogP contribution in [0.4, 0.5) is 5.69 Å². The van der Waals surface area contributed by atoms with Gasteiger partial charge >= 0.3 is 0 Å². The summed E-state index contributed by atoms with van der Waals surface area (Å²) in [6.07, 6.45) is 0. The van der Waals surface area contributed by atoms with E-state index in [2.05, 4.69) is 31.3 Å². The number of rotatable bonds is 6. The van der Waals surface area contributed by atoms with E-state index in [0.29, 0.717) is 16.3 Å². The van der Waals surface area contributed by atoms with Crippen LogP contribution in [0.25, 0.3) is 0 Å². The van der Waals surface area contributed by atoms with Crippen LogP contribution in [0.2, 0.25) is 10.0 Å². The third kappa shape index (κ3) is 4.72. The molecule has 0 saturated heterocycles. The highest BCUT2D eigenvalue weighted by atomic mass is 35.5. The number of ether oxygens (including phenoxy) is 1. The van der Waals surface area contributed by atoms with Gasteiger partial charge in [0.05, 0.1) is 10.7 Å². The number of halogens is 2. The molecular formula is C24H23Cl2NO3. The molecule has 3 aromatic rings. The van der Waals surface area contributed by atoms with Crippen molar-refractivity contribution in [1.29, 1.82) is 0 Å². The number of amides is 1. The summed E-state index contributed by atoms with van der Waals surface area (Å²) >= 11 is 12.1. The van der Waals surface area contributed by atoms with Crippen LogP contribution >= 0.6 is 23.2 Å². The fraction of sp³-hybridized carbons (Fsp3) is 0.208. The van der Waals surface area contributed by atoms with E-state index in [1.807, 2.05) is 42.5 Å². The number of phenolic OH excluding ortho intramolecular Hbond substituents is 1. The molecule has 0 aliphatic carbocycles. The van der Waals surface area contributed by atoms with Crippen LogP contribution in [-0.2, 0) is 10.2 Å². The molecule has 3 rings (SSSR count). The minimum absolute atomic E-state index is 0.107. The van der Waals surface area contributed by atoms with E-state index in [1.165, 1.54) is 11.6 Å². The number of hydrogen-bond acceptors (Lipinski definition) is 3. The van der Waals surface area contributed by atoms with Gasteiger partial charge in [0.1, 0.15) is 5.75 Å². The summed E-state index contributed by atoms with van der Waals surface area (Å²) in [6, 6.07) is 19.4. The maximum atomic E-state index is 12.2. The molecule has 6 heteroatoms. The number of phenols is 1. The van der Waals surface area contributed by atoms with Crippen molar-refractivity contribution >= 4 is 34.8 Å². The van der Waals surface area contributed by atoms with Crippen molar-refractivity contribution < 1.29 is 14.6 Å². The lowest BCUT2D eigenvalue weighted by Gasteiger charge is -2.26. The molecule has 0 bridgehead atoms. The first-order chi connectivity index (χ1) is 14.2. The number of carbonyl (C=O) groups is 1. The van der Waals surface area contributed by atoms with Crippen molar-refractivity contribution in [3.63, 3.8) is 0 Å². The first kappa shape index (κ1) is 22.0. The minimum atomic E-state index is -0.435. The molecule has 0 radical (unpaired) electrons. The normalized spacial score (nSPS) is 11.2. The fourth-order valence-electron chi connectivity index (χ4n) is 3.12. The third-order valence-corrected chi connectivity index (χ3v) is 5.99. The molecule has 0 spiro atoms. The molecule has 30 heavy (non-hydrogen) atoms. The molecule has 1 amide bonds. The second-order valence-electron chi connectivity index (χ2n) is 7.55. The zero-order valence-corrected chi connectivity index (χ0v) is 18.5. The Bertz CT molecular complexity index is 1050. The van der Waals surface area contributed by atoms with Crippen molar-refractivity contribution in [3.8, 4) is 11.5 Å². The van der Waals surface area contributed by atoms with Crippen LogP contribution in [0.5, 0.6) is 11.5 Å². The number of aromatic hydroxyl groups is 1. The van der Waals surface area contributed by atoms with Gasteiger partial charge in [-0.05, 0) is 41.8 Å². The summed E-state index contributed by atoms with van der Waals surface area (Å²) in [5.41, 5.74) is 2.89. The minimum Gasteiger partial charge on any atom is -0.504 e. The van der Waals surface area contributed by atoms with Gasteiger partial charge in [0.15, 0.2) is 12.4 Å². The summed E-state index contributed by atoms with van der Waals surface area (Å²) < 4.78 is 5.58. The quantitative estimate of drug-likeness (QED) is 0.436. The average Bonchev–Trinajstić information content (AvgIpc) is 2.75. The maximum Gasteiger partial charge on any atom is 0.262 e. The molecule has 0 heterocycles. The zero-order chi connectivity index (χ0) is 21.9. The molecular weight excluding hydrogens is 421 g/mol. The van der Waals surface area contributed by atoms with E-state index in [1.54, 1.807) is 6.92 Å². The van der Waals surface area contributed by atoms with E-state index in [0.717, 1.165) is 5.56 Å². The lowest BCUT2D eigenvalue weighted by atomic mass is 9.78. The van der Waals surface area contributed by atoms with Gasteiger partial charge in [-0.15, -0.1) is 0 Å². The maximum absolute atomic E-state index is 12.2. The van der Waals surface area contributed by atoms with Gasteiger partial charge in [-0.25, -0.2) is 0 Å². The van der Waals surface area contributed by atoms with Crippen LogP contribution in [0.3, 0.4) is 0 Å². The van der Waals surface area contributed by atoms with Gasteiger partial charge in [-0.1, -0.05) is 79.5 Å². The average molecular weight is 444 g/mol. The third-order valence-electron chi connectivity index (χ3n) is 5.14. The molecule has 0 unspecified atom stereocenters. The SMILES string of the molecule is Cc1c(Cl)cc(NC(=O)COc2ccc(C(C)(C)c3ccccc3)cc2)c(O)c1Cl. The molecule has 3 aromatic carbocycles. The summed E-state index contributed by atoms with van der Waals surface area (Å²) in [4.78, 5) is 12.2. The van der Waals surface area contributed by atoms with E-state index < -0.39 is 5.91 Å². The molecule has 0 aromatic heterocycles. The standard InChI is InChI=1S/C24H23Cl2NO3/c1-15-19(25)13-20(23(29)22(15)26)27-21(28)14-30-18-11-9-17(10-12-18)24(2,3)16-7-5-4-6-8-16/h4-13,29H,14H2,1-3H3,(H,27,28). The first-order valence-electron chi connectivity index (χ1n) is 9.46. The van der Waals surface area contributed by atoms with E-state index >= 15 is 0 Å². The summed E-state index contributed by atoms with van der Waals surface area (Å²) in [7, 11) is 0. The van der Waals surface area contributed by atoms with E-state index in [4.69, 9.17) is 27.9 Å². The first-order valence-corrected chi connectivity index (χ1v) is 10.2. The highest BCUT2D eigenvalue weighted by molar-refractivity contribution is 6.37. The Morgan fingerprint density at radius 1 is 1.03 bits per heavy atom. The number of benzene rings is 3. The molecule has 0 atom stereocenters. The van der Waals surface area contributed by atoms with Crippen LogP contribution in [0.15, 0.2) is 60.7 Å². The Balaban J connectivity index is 1.64. The van der Waals surface area contributed by atoms with Gasteiger partial charge in [0.25, 0.3) is 5.91 Å². The van der Waals surface area contributed by atoms with Gasteiger partial charge in [-0.2, -0.15) is 0 Å². The molecule has 0 fully saturated rings. The summed E-state index contributed by atoms with van der Waals surface area (Å²) in [6.45, 7) is 5.79. The molecule has 0 aliphatic rings. The van der Waals surface area contributed by atoms with Gasteiger partial charge < -0.3 is 15.2 Å². The molecule has 156 valence electrons. The van der Waals surface area contributed by atoms with Gasteiger partial charge in [0.2, 0.25) is 0 Å². The topological polar surface area (TPSA) is 58.6 Å². The molecule has 0 aliphatic heterocycles. The lowest BCUT2D eigenvalue weighted by molar-refractivity contribution is -0.118. The van der Waals surface area contributed by atoms with E-state index in [-0.39, 0.29) is 28.5 Å². The molecule has 2 N–H and O–H groups in total. The van der Waals surface area contributed by atoms with Crippen molar-refractivity contribution in [3.05, 3.63) is 87.4 Å². The van der Waals surface area contributed by atoms with Crippen LogP contribution in [-0.4, -0.2) is 17.6 Å². The molecule has 4 nitrogen and oxygen atoms in total. The predicted octanol–water partition coefficient (Wildman–Crippen LogP) is 6.35. The van der Waals surface area contributed by atoms with Crippen molar-refractivity contribution in [1.82, 2.24) is 0 Å². The highest BCUT2D eigenvalue weighted by Gasteiger charge is 2.22. The van der Waals surface area contributed by atoms with Crippen LogP contribution in [0.1, 0.15) is 30.5 Å². The Labute approximate surface area is 186 Å². The largest absolute Gasteiger partial charge is 0.504 e. The number of carbonyl (C=O) groups excluding carboxylic acids is 1. The Morgan fingerprint density at radius 2 is 1.63 bits per heavy atom. The Kier molecular flexibility index (Phi) is 6.59. The van der Waals surface area contributed by atoms with Crippen LogP contribution in [0, 0.1) is 6.92 Å². The van der Waals surface area contributed by atoms with Gasteiger partial charge in [0, 0.05) is 10.4 Å². The number of hydrogen-bond donors (Lipinski definition) is 2. The Morgan fingerprint density at radius 3 is 2.27 bits per heavy atom. The van der Waals surface area contributed by atoms with Crippen molar-refractivity contribution in [2.45, 2.75) is 26.2 Å². The highest BCUT2D eigenvalue weighted by Crippen LogP contribution is 2.38. The number of anilines is 1. The zero-order valence-electron chi connectivity index (χ0n) is 17.0. The summed E-state index contributed by atoms with van der Waals surface area (Å²) in [5, 5.41) is 13.1. The fourth-order valence-corrected chi connectivity index (χ4v) is 3.58. The van der Waals surface area contributed by atoms with Crippen LogP contribution < -0.4 is 10.1 Å². The lowest BCUT2D eigenvalue weighted by Crippen LogP contribution is -2.21. The summed E-state index contributed by atoms with van der Waals surface area (Å²) in [5.74, 6) is -0.0867. The smallest absolute Gasteiger partial charge is 0.262 e. The predicted molar refractivity (Wildman–Crippen MR) is 122 cm³/mol. The second kappa shape index (κ2) is 8.99. The van der Waals surface area contributed by atoms with E-state index in [9.17, 15) is 9.90 Å². The van der Waals surface area contributed by atoms with Crippen molar-refractivity contribution in [2.75, 3.05) is 11.9 Å². The second-order valence-corrected chi connectivity index (χ2v) is 8.33. The Hall–Kier alpha value is -2.69. The number of nitrogens with one attached hydrogen (secondary N) is 1. The molecule has 0 saturated carbocycles. The monoisotopic (exact) mass is 443 g/mol. The van der Waals surface area contributed by atoms with Gasteiger partial charge in [-0.3, -0.25) is 4.79 Å².